The van der Waals surface area contributed by atoms with Gasteiger partial charge in [-0.05, 0) is 69.0 Å². The van der Waals surface area contributed by atoms with E-state index in [4.69, 9.17) is 4.74 Å². The smallest absolute Gasteiger partial charge is 0.433 e. The molecule has 34 heavy (non-hydrogen) atoms. The summed E-state index contributed by atoms with van der Waals surface area (Å²) in [5.41, 5.74) is 2.56. The number of aliphatic hydroxyl groups excluding tert-OH is 1. The van der Waals surface area contributed by atoms with Crippen LogP contribution in [0.25, 0.3) is 0 Å². The van der Waals surface area contributed by atoms with Crippen LogP contribution in [0.15, 0.2) is 30.5 Å². The fourth-order valence-electron chi connectivity index (χ4n) is 5.09. The quantitative estimate of drug-likeness (QED) is 0.678. The second-order valence-electron chi connectivity index (χ2n) is 9.37. The Labute approximate surface area is 197 Å². The Hall–Kier alpha value is -2.65. The Kier molecular flexibility index (Phi) is 6.61. The molecular weight excluding hydrogens is 447 g/mol. The lowest BCUT2D eigenvalue weighted by atomic mass is 9.96. The lowest BCUT2D eigenvalue weighted by Gasteiger charge is -2.38. The number of nitrogens with zero attached hydrogens (tertiary/aromatic N) is 3. The summed E-state index contributed by atoms with van der Waals surface area (Å²) >= 11 is 0. The molecule has 2 aromatic rings. The summed E-state index contributed by atoms with van der Waals surface area (Å²) in [6.45, 7) is 9.42. The number of aromatic nitrogens is 1. The van der Waals surface area contributed by atoms with Gasteiger partial charge in [-0.15, -0.1) is 0 Å². The molecule has 0 radical (unpaired) electrons. The number of aliphatic hydroxyl groups is 1. The van der Waals surface area contributed by atoms with Crippen LogP contribution in [0.2, 0.25) is 0 Å². The highest BCUT2D eigenvalue weighted by Crippen LogP contribution is 2.39. The maximum atomic E-state index is 12.9. The maximum Gasteiger partial charge on any atom is 0.433 e. The third-order valence-electron chi connectivity index (χ3n) is 7.05. The molecule has 1 N–H and O–H groups in total. The fourth-order valence-corrected chi connectivity index (χ4v) is 5.09. The molecule has 1 amide bonds. The number of hydrogen-bond donors (Lipinski definition) is 1. The van der Waals surface area contributed by atoms with Gasteiger partial charge in [-0.1, -0.05) is 6.07 Å². The zero-order valence-electron chi connectivity index (χ0n) is 19.8. The summed E-state index contributed by atoms with van der Waals surface area (Å²) < 4.78 is 44.0. The van der Waals surface area contributed by atoms with E-state index in [1.54, 1.807) is 11.8 Å². The van der Waals surface area contributed by atoms with Gasteiger partial charge in [-0.2, -0.15) is 13.2 Å². The topological polar surface area (TPSA) is 65.9 Å². The molecule has 2 bridgehead atoms. The van der Waals surface area contributed by atoms with Gasteiger partial charge < -0.3 is 14.7 Å². The van der Waals surface area contributed by atoms with Crippen LogP contribution in [0, 0.1) is 13.8 Å². The lowest BCUT2D eigenvalue weighted by molar-refractivity contribution is -0.141. The van der Waals surface area contributed by atoms with Gasteiger partial charge in [0.15, 0.2) is 0 Å². The molecule has 2 fully saturated rings. The summed E-state index contributed by atoms with van der Waals surface area (Å²) in [4.78, 5) is 20.5. The van der Waals surface area contributed by atoms with Crippen molar-refractivity contribution in [3.63, 3.8) is 0 Å². The number of hydrogen-bond acceptors (Lipinski definition) is 5. The van der Waals surface area contributed by atoms with Crippen LogP contribution >= 0.6 is 0 Å². The Bertz CT molecular complexity index is 1060. The van der Waals surface area contributed by atoms with Crippen molar-refractivity contribution in [2.24, 2.45) is 0 Å². The number of likely N-dealkylation sites (tertiary alicyclic amines) is 2. The molecule has 1 aromatic carbocycles. The number of ether oxygens (including phenoxy) is 1. The third kappa shape index (κ3) is 4.63. The first-order valence-electron chi connectivity index (χ1n) is 11.5. The van der Waals surface area contributed by atoms with Crippen LogP contribution in [0.1, 0.15) is 59.1 Å². The van der Waals surface area contributed by atoms with Gasteiger partial charge in [-0.3, -0.25) is 14.7 Å². The summed E-state index contributed by atoms with van der Waals surface area (Å²) in [7, 11) is 0. The van der Waals surface area contributed by atoms with E-state index in [-0.39, 0.29) is 36.2 Å². The first kappa shape index (κ1) is 24.5. The molecule has 2 aliphatic rings. The minimum atomic E-state index is -4.52. The molecule has 4 atom stereocenters. The largest absolute Gasteiger partial charge is 0.491 e. The molecule has 9 heteroatoms. The number of carbonyl (C=O) groups excluding carboxylic acids is 1. The Morgan fingerprint density at radius 2 is 1.88 bits per heavy atom. The maximum absolute atomic E-state index is 12.9. The van der Waals surface area contributed by atoms with Gasteiger partial charge in [0.2, 0.25) is 0 Å². The van der Waals surface area contributed by atoms with E-state index in [2.05, 4.69) is 29.8 Å². The molecule has 6 nitrogen and oxygen atoms in total. The SMILES string of the molecule is Cc1c(OC[C@@H](C)O)ccc([C@H](C)N2C[C@@H]3C[C@H]2CN3C(=O)c2ccc(C(F)(F)F)nc2)c1C. The number of carbonyl (C=O) groups is 1. The minimum Gasteiger partial charge on any atom is -0.491 e. The van der Waals surface area contributed by atoms with Crippen molar-refractivity contribution >= 4 is 5.91 Å². The van der Waals surface area contributed by atoms with E-state index in [1.807, 2.05) is 13.0 Å². The van der Waals surface area contributed by atoms with Crippen molar-refractivity contribution in [3.05, 3.63) is 58.4 Å². The normalized spacial score (nSPS) is 22.2. The van der Waals surface area contributed by atoms with E-state index < -0.39 is 18.0 Å². The molecule has 3 heterocycles. The highest BCUT2D eigenvalue weighted by atomic mass is 19.4. The molecule has 184 valence electrons. The van der Waals surface area contributed by atoms with E-state index in [0.29, 0.717) is 13.1 Å². The third-order valence-corrected chi connectivity index (χ3v) is 7.05. The van der Waals surface area contributed by atoms with Crippen LogP contribution in [-0.2, 0) is 6.18 Å². The van der Waals surface area contributed by atoms with Gasteiger partial charge in [-0.25, -0.2) is 0 Å². The van der Waals surface area contributed by atoms with E-state index in [0.717, 1.165) is 35.6 Å². The molecule has 4 rings (SSSR count). The molecular formula is C25H30F3N3O3. The van der Waals surface area contributed by atoms with Crippen LogP contribution in [0.4, 0.5) is 13.2 Å². The molecule has 0 aliphatic carbocycles. The minimum absolute atomic E-state index is 0.0253. The lowest BCUT2D eigenvalue weighted by Crippen LogP contribution is -2.49. The summed E-state index contributed by atoms with van der Waals surface area (Å²) in [6.07, 6.45) is -3.20. The monoisotopic (exact) mass is 477 g/mol. The number of benzene rings is 1. The first-order valence-corrected chi connectivity index (χ1v) is 11.5. The van der Waals surface area contributed by atoms with Crippen molar-refractivity contribution in [1.82, 2.24) is 14.8 Å². The van der Waals surface area contributed by atoms with Crippen molar-refractivity contribution in [1.29, 1.82) is 0 Å². The van der Waals surface area contributed by atoms with Gasteiger partial charge in [0.25, 0.3) is 5.91 Å². The van der Waals surface area contributed by atoms with Crippen LogP contribution in [0.3, 0.4) is 0 Å². The van der Waals surface area contributed by atoms with Crippen molar-refractivity contribution in [2.75, 3.05) is 19.7 Å². The first-order chi connectivity index (χ1) is 16.0. The van der Waals surface area contributed by atoms with E-state index >= 15 is 0 Å². The Morgan fingerprint density at radius 3 is 2.44 bits per heavy atom. The number of piperazine rings is 1. The van der Waals surface area contributed by atoms with Crippen LogP contribution < -0.4 is 4.74 Å². The fraction of sp³-hybridized carbons (Fsp3) is 0.520. The molecule has 1 aromatic heterocycles. The zero-order chi connectivity index (χ0) is 24.8. The second-order valence-corrected chi connectivity index (χ2v) is 9.37. The molecule has 2 aliphatic heterocycles. The summed E-state index contributed by atoms with van der Waals surface area (Å²) in [6, 6.07) is 6.43. The number of amides is 1. The van der Waals surface area contributed by atoms with Crippen molar-refractivity contribution in [2.45, 2.75) is 64.5 Å². The van der Waals surface area contributed by atoms with Gasteiger partial charge in [0.05, 0.1) is 11.7 Å². The van der Waals surface area contributed by atoms with Gasteiger partial charge in [0, 0.05) is 37.4 Å². The predicted octanol–water partition coefficient (Wildman–Crippen LogP) is 4.14. The van der Waals surface area contributed by atoms with Crippen LogP contribution in [-0.4, -0.2) is 63.7 Å². The van der Waals surface area contributed by atoms with E-state index in [9.17, 15) is 23.1 Å². The average Bonchev–Trinajstić information content (AvgIpc) is 3.40. The standard InChI is InChI=1S/C25H30F3N3O3/c1-14(32)13-34-22-7-6-21(15(2)16(22)3)17(4)30-11-20-9-19(30)12-31(20)24(33)18-5-8-23(29-10-18)25(26,27)28/h5-8,10,14,17,19-20,32H,9,11-13H2,1-4H3/t14-,17+,19+,20+/m1/s1. The summed E-state index contributed by atoms with van der Waals surface area (Å²) in [5, 5.41) is 9.49. The van der Waals surface area contributed by atoms with Crippen LogP contribution in [0.5, 0.6) is 5.75 Å². The van der Waals surface area contributed by atoms with Gasteiger partial charge >= 0.3 is 6.18 Å². The highest BCUT2D eigenvalue weighted by molar-refractivity contribution is 5.94. The van der Waals surface area contributed by atoms with Crippen molar-refractivity contribution < 1.29 is 27.8 Å². The predicted molar refractivity (Wildman–Crippen MR) is 121 cm³/mol. The molecule has 2 saturated heterocycles. The second kappa shape index (κ2) is 9.19. The number of pyridine rings is 1. The number of alkyl halides is 3. The zero-order valence-corrected chi connectivity index (χ0v) is 19.8. The highest BCUT2D eigenvalue weighted by Gasteiger charge is 2.47. The average molecular weight is 478 g/mol. The van der Waals surface area contributed by atoms with Gasteiger partial charge in [0.1, 0.15) is 18.1 Å². The summed E-state index contributed by atoms with van der Waals surface area (Å²) in [5.74, 6) is 0.492. The molecule has 0 saturated carbocycles. The molecule has 0 spiro atoms. The molecule has 0 unspecified atom stereocenters. The van der Waals surface area contributed by atoms with Crippen molar-refractivity contribution in [3.8, 4) is 5.75 Å². The number of rotatable bonds is 6. The van der Waals surface area contributed by atoms with E-state index in [1.165, 1.54) is 11.6 Å². The Morgan fingerprint density at radius 1 is 1.15 bits per heavy atom. The number of halogens is 3. The Balaban J connectivity index is 1.43. The number of fused-ring (bicyclic) bond motifs is 2.